The summed E-state index contributed by atoms with van der Waals surface area (Å²) in [7, 11) is 1.70. The van der Waals surface area contributed by atoms with E-state index in [1.165, 1.54) is 0 Å². The number of nitrogens with one attached hydrogen (secondary N) is 2. The van der Waals surface area contributed by atoms with Crippen molar-refractivity contribution >= 4 is 41.5 Å². The molecule has 0 atom stereocenters. The Morgan fingerprint density at radius 1 is 1.30 bits per heavy atom. The zero-order chi connectivity index (χ0) is 18.4. The molecule has 3 rings (SSSR count). The molecular weight excluding hydrogens is 457 g/mol. The minimum atomic E-state index is 0. The van der Waals surface area contributed by atoms with Crippen molar-refractivity contribution in [3.05, 3.63) is 30.2 Å². The minimum Gasteiger partial charge on any atom is -0.359 e. The molecule has 0 radical (unpaired) electrons. The molecule has 1 fully saturated rings. The molecule has 3 heterocycles. The van der Waals surface area contributed by atoms with Crippen LogP contribution >= 0.6 is 24.0 Å². The second-order valence-corrected chi connectivity index (χ2v) is 6.52. The van der Waals surface area contributed by atoms with Crippen molar-refractivity contribution in [2.45, 2.75) is 32.7 Å². The fourth-order valence-electron chi connectivity index (χ4n) is 3.28. The standard InChI is InChI=1S/C18H27N7O.HI/c1-3-20-18(24-10-7-14(8-11-24)12-17(26)19-2)21-13-16-23-22-15-6-4-5-9-25(15)16;/h4-6,9,14H,3,7-8,10-13H2,1-2H3,(H,19,26)(H,20,21);1H. The van der Waals surface area contributed by atoms with E-state index < -0.39 is 0 Å². The van der Waals surface area contributed by atoms with E-state index in [0.717, 1.165) is 49.9 Å². The summed E-state index contributed by atoms with van der Waals surface area (Å²) in [5.41, 5.74) is 0.831. The van der Waals surface area contributed by atoms with Gasteiger partial charge in [0.2, 0.25) is 5.91 Å². The molecule has 1 saturated heterocycles. The van der Waals surface area contributed by atoms with E-state index in [4.69, 9.17) is 4.99 Å². The third kappa shape index (κ3) is 5.53. The number of guanidine groups is 1. The zero-order valence-corrected chi connectivity index (χ0v) is 18.2. The monoisotopic (exact) mass is 485 g/mol. The summed E-state index contributed by atoms with van der Waals surface area (Å²) >= 11 is 0. The highest BCUT2D eigenvalue weighted by Crippen LogP contribution is 2.20. The van der Waals surface area contributed by atoms with E-state index in [1.54, 1.807) is 7.05 Å². The Labute approximate surface area is 176 Å². The van der Waals surface area contributed by atoms with Gasteiger partial charge in [0.15, 0.2) is 17.4 Å². The SMILES string of the molecule is CCNC(=NCc1nnc2ccccn12)N1CCC(CC(=O)NC)CC1.I. The van der Waals surface area contributed by atoms with E-state index in [2.05, 4.69) is 32.7 Å². The van der Waals surface area contributed by atoms with Crippen LogP contribution in [0.4, 0.5) is 0 Å². The first kappa shape index (κ1) is 21.4. The molecule has 1 amide bonds. The van der Waals surface area contributed by atoms with E-state index in [1.807, 2.05) is 28.8 Å². The molecule has 0 bridgehead atoms. The largest absolute Gasteiger partial charge is 0.359 e. The van der Waals surface area contributed by atoms with Gasteiger partial charge in [-0.05, 0) is 37.8 Å². The first-order valence-electron chi connectivity index (χ1n) is 9.23. The van der Waals surface area contributed by atoms with Gasteiger partial charge in [0.1, 0.15) is 6.54 Å². The Kier molecular flexibility index (Phi) is 8.26. The number of carbonyl (C=O) groups is 1. The summed E-state index contributed by atoms with van der Waals surface area (Å²) in [6.07, 6.45) is 4.58. The third-order valence-corrected chi connectivity index (χ3v) is 4.76. The molecule has 1 aliphatic heterocycles. The van der Waals surface area contributed by atoms with Crippen molar-refractivity contribution in [3.63, 3.8) is 0 Å². The molecule has 2 aromatic rings. The number of nitrogens with zero attached hydrogens (tertiary/aromatic N) is 5. The first-order chi connectivity index (χ1) is 12.7. The summed E-state index contributed by atoms with van der Waals surface area (Å²) in [6, 6.07) is 5.85. The van der Waals surface area contributed by atoms with E-state index >= 15 is 0 Å². The van der Waals surface area contributed by atoms with Crippen LogP contribution in [0.1, 0.15) is 32.0 Å². The van der Waals surface area contributed by atoms with Crippen molar-refractivity contribution < 1.29 is 4.79 Å². The number of carbonyl (C=O) groups excluding carboxylic acids is 1. The van der Waals surface area contributed by atoms with Gasteiger partial charge in [-0.25, -0.2) is 4.99 Å². The lowest BCUT2D eigenvalue weighted by Gasteiger charge is -2.34. The number of aromatic nitrogens is 3. The van der Waals surface area contributed by atoms with Crippen molar-refractivity contribution in [3.8, 4) is 0 Å². The molecule has 0 unspecified atom stereocenters. The second-order valence-electron chi connectivity index (χ2n) is 6.52. The molecule has 1 aliphatic rings. The number of piperidine rings is 1. The summed E-state index contributed by atoms with van der Waals surface area (Å²) in [6.45, 7) is 5.19. The number of hydrogen-bond acceptors (Lipinski definition) is 4. The van der Waals surface area contributed by atoms with Crippen LogP contribution in [-0.2, 0) is 11.3 Å². The van der Waals surface area contributed by atoms with Gasteiger partial charge < -0.3 is 15.5 Å². The van der Waals surface area contributed by atoms with Crippen LogP contribution in [0.3, 0.4) is 0 Å². The van der Waals surface area contributed by atoms with Gasteiger partial charge in [-0.15, -0.1) is 34.2 Å². The molecule has 0 spiro atoms. The maximum atomic E-state index is 11.6. The highest BCUT2D eigenvalue weighted by Gasteiger charge is 2.23. The summed E-state index contributed by atoms with van der Waals surface area (Å²) in [5, 5.41) is 14.5. The van der Waals surface area contributed by atoms with Crippen molar-refractivity contribution in [1.29, 1.82) is 0 Å². The molecule has 27 heavy (non-hydrogen) atoms. The predicted molar refractivity (Wildman–Crippen MR) is 116 cm³/mol. The molecule has 8 nitrogen and oxygen atoms in total. The maximum Gasteiger partial charge on any atom is 0.220 e. The van der Waals surface area contributed by atoms with Crippen molar-refractivity contribution in [2.24, 2.45) is 10.9 Å². The molecular formula is C18H28IN7O. The highest BCUT2D eigenvalue weighted by atomic mass is 127. The number of pyridine rings is 1. The predicted octanol–water partition coefficient (Wildman–Crippen LogP) is 1.66. The second kappa shape index (κ2) is 10.4. The smallest absolute Gasteiger partial charge is 0.220 e. The van der Waals surface area contributed by atoms with E-state index in [-0.39, 0.29) is 29.9 Å². The van der Waals surface area contributed by atoms with Crippen LogP contribution in [0, 0.1) is 5.92 Å². The van der Waals surface area contributed by atoms with Crippen LogP contribution in [-0.4, -0.2) is 58.0 Å². The number of aliphatic imine (C=N–C) groups is 1. The van der Waals surface area contributed by atoms with Gasteiger partial charge in [-0.1, -0.05) is 6.07 Å². The zero-order valence-electron chi connectivity index (χ0n) is 15.9. The number of likely N-dealkylation sites (tertiary alicyclic amines) is 1. The minimum absolute atomic E-state index is 0. The molecule has 2 N–H and O–H groups in total. The van der Waals surface area contributed by atoms with Crippen molar-refractivity contribution in [2.75, 3.05) is 26.7 Å². The quantitative estimate of drug-likeness (QED) is 0.382. The van der Waals surface area contributed by atoms with E-state index in [9.17, 15) is 4.79 Å². The van der Waals surface area contributed by atoms with Gasteiger partial charge in [-0.2, -0.15) is 0 Å². The Morgan fingerprint density at radius 3 is 2.78 bits per heavy atom. The third-order valence-electron chi connectivity index (χ3n) is 4.76. The molecule has 0 aromatic carbocycles. The number of amides is 1. The number of rotatable bonds is 5. The Hall–Kier alpha value is -1.91. The van der Waals surface area contributed by atoms with Gasteiger partial charge in [0.05, 0.1) is 0 Å². The normalized spacial score (nSPS) is 15.5. The van der Waals surface area contributed by atoms with Crippen LogP contribution < -0.4 is 10.6 Å². The molecule has 0 aliphatic carbocycles. The van der Waals surface area contributed by atoms with Gasteiger partial charge in [0, 0.05) is 39.3 Å². The topological polar surface area (TPSA) is 86.9 Å². The average molecular weight is 485 g/mol. The lowest BCUT2D eigenvalue weighted by atomic mass is 9.93. The summed E-state index contributed by atoms with van der Waals surface area (Å²) in [5.74, 6) is 2.31. The molecule has 148 valence electrons. The number of halogens is 1. The number of hydrogen-bond donors (Lipinski definition) is 2. The average Bonchev–Trinajstić information content (AvgIpc) is 3.09. The van der Waals surface area contributed by atoms with E-state index in [0.29, 0.717) is 18.9 Å². The lowest BCUT2D eigenvalue weighted by molar-refractivity contribution is -0.121. The fraction of sp³-hybridized carbons (Fsp3) is 0.556. The van der Waals surface area contributed by atoms with Crippen LogP contribution in [0.15, 0.2) is 29.4 Å². The molecule has 2 aromatic heterocycles. The number of fused-ring (bicyclic) bond motifs is 1. The first-order valence-corrected chi connectivity index (χ1v) is 9.23. The highest BCUT2D eigenvalue weighted by molar-refractivity contribution is 14.0. The van der Waals surface area contributed by atoms with Crippen molar-refractivity contribution in [1.82, 2.24) is 30.1 Å². The fourth-order valence-corrected chi connectivity index (χ4v) is 3.28. The van der Waals surface area contributed by atoms with Crippen LogP contribution in [0.25, 0.3) is 5.65 Å². The van der Waals surface area contributed by atoms with Crippen LogP contribution in [0.5, 0.6) is 0 Å². The molecule has 9 heteroatoms. The Morgan fingerprint density at radius 2 is 2.07 bits per heavy atom. The lowest BCUT2D eigenvalue weighted by Crippen LogP contribution is -2.46. The van der Waals surface area contributed by atoms with Gasteiger partial charge in [0.25, 0.3) is 0 Å². The summed E-state index contributed by atoms with van der Waals surface area (Å²) < 4.78 is 1.96. The van der Waals surface area contributed by atoms with Gasteiger partial charge >= 0.3 is 0 Å². The maximum absolute atomic E-state index is 11.6. The molecule has 0 saturated carbocycles. The summed E-state index contributed by atoms with van der Waals surface area (Å²) in [4.78, 5) is 18.6. The van der Waals surface area contributed by atoms with Gasteiger partial charge in [-0.3, -0.25) is 9.20 Å². The Balaban J connectivity index is 0.00000261. The van der Waals surface area contributed by atoms with Crippen LogP contribution in [0.2, 0.25) is 0 Å². The Bertz CT molecular complexity index is 768.